The first-order valence-corrected chi connectivity index (χ1v) is 8.55. The Bertz CT molecular complexity index is 707. The van der Waals surface area contributed by atoms with Crippen LogP contribution in [0.25, 0.3) is 0 Å². The highest BCUT2D eigenvalue weighted by molar-refractivity contribution is 6.06. The summed E-state index contributed by atoms with van der Waals surface area (Å²) < 4.78 is 11.3. The number of hydrogen-bond acceptors (Lipinski definition) is 4. The fourth-order valence-corrected chi connectivity index (χ4v) is 2.83. The lowest BCUT2D eigenvalue weighted by molar-refractivity contribution is 0.0679. The summed E-state index contributed by atoms with van der Waals surface area (Å²) in [6.07, 6.45) is 2.33. The fourth-order valence-electron chi connectivity index (χ4n) is 2.83. The lowest BCUT2D eigenvalue weighted by atomic mass is 10.2. The van der Waals surface area contributed by atoms with Crippen LogP contribution in [0.2, 0.25) is 0 Å². The first-order chi connectivity index (χ1) is 12.1. The van der Waals surface area contributed by atoms with Crippen molar-refractivity contribution in [3.63, 3.8) is 0 Å². The third kappa shape index (κ3) is 4.51. The quantitative estimate of drug-likeness (QED) is 0.873. The molecule has 132 valence electrons. The number of nitrogens with one attached hydrogen (secondary N) is 1. The maximum atomic E-state index is 12.5. The molecule has 0 spiro atoms. The van der Waals surface area contributed by atoms with Crippen molar-refractivity contribution in [2.24, 2.45) is 0 Å². The average molecular weight is 340 g/mol. The molecule has 1 unspecified atom stereocenters. The van der Waals surface area contributed by atoms with Gasteiger partial charge in [-0.2, -0.15) is 0 Å². The normalized spacial score (nSPS) is 16.5. The summed E-state index contributed by atoms with van der Waals surface area (Å²) in [5.74, 6) is 0.612. The van der Waals surface area contributed by atoms with Crippen LogP contribution < -0.4 is 15.0 Å². The zero-order valence-electron chi connectivity index (χ0n) is 14.7. The molecular weight excluding hydrogens is 316 g/mol. The largest absolute Gasteiger partial charge is 0.491 e. The van der Waals surface area contributed by atoms with Gasteiger partial charge in [0.05, 0.1) is 17.5 Å². The second-order valence-corrected chi connectivity index (χ2v) is 6.34. The summed E-state index contributed by atoms with van der Waals surface area (Å²) in [6, 6.07) is 14.9. The summed E-state index contributed by atoms with van der Waals surface area (Å²) in [5.41, 5.74) is 2.35. The minimum atomic E-state index is -0.139. The number of hydrogen-bond donors (Lipinski definition) is 1. The second-order valence-electron chi connectivity index (χ2n) is 6.34. The number of carbonyl (C=O) groups excluding carboxylic acids is 1. The number of nitrogens with zero attached hydrogens (tertiary/aromatic N) is 1. The van der Waals surface area contributed by atoms with E-state index in [-0.39, 0.29) is 12.0 Å². The molecule has 1 saturated heterocycles. The van der Waals surface area contributed by atoms with Crippen molar-refractivity contribution >= 4 is 17.3 Å². The summed E-state index contributed by atoms with van der Waals surface area (Å²) in [6.45, 7) is 1.38. The first kappa shape index (κ1) is 17.3. The number of ether oxygens (including phenoxy) is 2. The van der Waals surface area contributed by atoms with Gasteiger partial charge in [-0.3, -0.25) is 4.79 Å². The van der Waals surface area contributed by atoms with Gasteiger partial charge in [-0.05, 0) is 49.2 Å². The van der Waals surface area contributed by atoms with Crippen LogP contribution >= 0.6 is 0 Å². The van der Waals surface area contributed by atoms with Gasteiger partial charge in [-0.15, -0.1) is 0 Å². The maximum absolute atomic E-state index is 12.5. The molecule has 2 aromatic carbocycles. The molecule has 1 atom stereocenters. The van der Waals surface area contributed by atoms with Gasteiger partial charge in [0.15, 0.2) is 0 Å². The molecule has 25 heavy (non-hydrogen) atoms. The molecule has 0 aromatic heterocycles. The zero-order valence-corrected chi connectivity index (χ0v) is 14.7. The van der Waals surface area contributed by atoms with Crippen molar-refractivity contribution < 1.29 is 14.3 Å². The van der Waals surface area contributed by atoms with Crippen LogP contribution in [0, 0.1) is 0 Å². The highest BCUT2D eigenvalue weighted by Crippen LogP contribution is 2.24. The Morgan fingerprint density at radius 2 is 1.96 bits per heavy atom. The molecule has 1 aliphatic heterocycles. The van der Waals surface area contributed by atoms with Crippen LogP contribution in [0.3, 0.4) is 0 Å². The monoisotopic (exact) mass is 340 g/mol. The van der Waals surface area contributed by atoms with E-state index in [1.807, 2.05) is 55.4 Å². The topological polar surface area (TPSA) is 50.8 Å². The van der Waals surface area contributed by atoms with E-state index in [2.05, 4.69) is 5.32 Å². The molecule has 0 aliphatic carbocycles. The smallest absolute Gasteiger partial charge is 0.255 e. The third-order valence-corrected chi connectivity index (χ3v) is 4.21. The lowest BCUT2D eigenvalue weighted by Crippen LogP contribution is -2.17. The van der Waals surface area contributed by atoms with Crippen molar-refractivity contribution in [1.29, 1.82) is 0 Å². The standard InChI is InChI=1S/C20H24N2O3/c1-22(2)19-8-4-3-7-18(19)21-20(23)15-9-11-16(12-10-15)25-14-17-6-5-13-24-17/h3-4,7-12,17H,5-6,13-14H2,1-2H3,(H,21,23). The minimum Gasteiger partial charge on any atom is -0.491 e. The number of para-hydroxylation sites is 2. The Hall–Kier alpha value is -2.53. The predicted molar refractivity (Wildman–Crippen MR) is 99.6 cm³/mol. The maximum Gasteiger partial charge on any atom is 0.255 e. The van der Waals surface area contributed by atoms with Crippen LogP contribution in [-0.2, 0) is 4.74 Å². The van der Waals surface area contributed by atoms with Crippen LogP contribution in [0.4, 0.5) is 11.4 Å². The molecule has 2 aromatic rings. The van der Waals surface area contributed by atoms with Crippen LogP contribution in [0.1, 0.15) is 23.2 Å². The lowest BCUT2D eigenvalue weighted by Gasteiger charge is -2.17. The number of rotatable bonds is 6. The first-order valence-electron chi connectivity index (χ1n) is 8.55. The van der Waals surface area contributed by atoms with E-state index in [0.29, 0.717) is 12.2 Å². The molecule has 1 fully saturated rings. The third-order valence-electron chi connectivity index (χ3n) is 4.21. The molecule has 0 radical (unpaired) electrons. The van der Waals surface area contributed by atoms with E-state index >= 15 is 0 Å². The Labute approximate surface area is 148 Å². The average Bonchev–Trinajstić information content (AvgIpc) is 3.14. The Kier molecular flexibility index (Phi) is 5.56. The zero-order chi connectivity index (χ0) is 17.6. The van der Waals surface area contributed by atoms with E-state index in [0.717, 1.165) is 36.6 Å². The van der Waals surface area contributed by atoms with Crippen molar-refractivity contribution in [3.8, 4) is 5.75 Å². The molecule has 1 heterocycles. The molecule has 0 bridgehead atoms. The van der Waals surface area contributed by atoms with E-state index in [4.69, 9.17) is 9.47 Å². The van der Waals surface area contributed by atoms with Crippen LogP contribution in [0.15, 0.2) is 48.5 Å². The van der Waals surface area contributed by atoms with E-state index in [1.165, 1.54) is 0 Å². The van der Waals surface area contributed by atoms with Crippen LogP contribution in [0.5, 0.6) is 5.75 Å². The molecule has 5 nitrogen and oxygen atoms in total. The van der Waals surface area contributed by atoms with Gasteiger partial charge in [-0.1, -0.05) is 12.1 Å². The van der Waals surface area contributed by atoms with Gasteiger partial charge in [0.25, 0.3) is 5.91 Å². The summed E-state index contributed by atoms with van der Waals surface area (Å²) in [7, 11) is 3.90. The van der Waals surface area contributed by atoms with Crippen LogP contribution in [-0.4, -0.2) is 39.3 Å². The van der Waals surface area contributed by atoms with Gasteiger partial charge >= 0.3 is 0 Å². The fraction of sp³-hybridized carbons (Fsp3) is 0.350. The van der Waals surface area contributed by atoms with Gasteiger partial charge in [0.2, 0.25) is 0 Å². The molecule has 3 rings (SSSR count). The van der Waals surface area contributed by atoms with Gasteiger partial charge < -0.3 is 19.7 Å². The van der Waals surface area contributed by atoms with E-state index < -0.39 is 0 Å². The van der Waals surface area contributed by atoms with E-state index in [1.54, 1.807) is 12.1 Å². The SMILES string of the molecule is CN(C)c1ccccc1NC(=O)c1ccc(OCC2CCCO2)cc1. The second kappa shape index (κ2) is 8.03. The summed E-state index contributed by atoms with van der Waals surface area (Å²) in [5, 5.41) is 2.96. The number of carbonyl (C=O) groups is 1. The number of amides is 1. The number of anilines is 2. The molecule has 0 saturated carbocycles. The molecule has 1 aliphatic rings. The van der Waals surface area contributed by atoms with Gasteiger partial charge in [0.1, 0.15) is 12.4 Å². The predicted octanol–water partition coefficient (Wildman–Crippen LogP) is 3.56. The molecule has 5 heteroatoms. The molecule has 1 N–H and O–H groups in total. The Morgan fingerprint density at radius 3 is 2.64 bits per heavy atom. The highest BCUT2D eigenvalue weighted by atomic mass is 16.5. The minimum absolute atomic E-state index is 0.139. The highest BCUT2D eigenvalue weighted by Gasteiger charge is 2.16. The van der Waals surface area contributed by atoms with Crippen molar-refractivity contribution in [2.75, 3.05) is 37.5 Å². The Balaban J connectivity index is 1.61. The van der Waals surface area contributed by atoms with Crippen molar-refractivity contribution in [2.45, 2.75) is 18.9 Å². The van der Waals surface area contributed by atoms with Gasteiger partial charge in [-0.25, -0.2) is 0 Å². The van der Waals surface area contributed by atoms with E-state index in [9.17, 15) is 4.79 Å². The molecule has 1 amide bonds. The van der Waals surface area contributed by atoms with Gasteiger partial charge in [0, 0.05) is 26.3 Å². The van der Waals surface area contributed by atoms with Crippen molar-refractivity contribution in [3.05, 3.63) is 54.1 Å². The summed E-state index contributed by atoms with van der Waals surface area (Å²) >= 11 is 0. The summed E-state index contributed by atoms with van der Waals surface area (Å²) in [4.78, 5) is 14.4. The number of benzene rings is 2. The Morgan fingerprint density at radius 1 is 1.20 bits per heavy atom. The van der Waals surface area contributed by atoms with Crippen molar-refractivity contribution in [1.82, 2.24) is 0 Å². The molecular formula is C20H24N2O3.